The van der Waals surface area contributed by atoms with Gasteiger partial charge in [0.05, 0.1) is 10.5 Å². The molecular formula is C21H24N2O5S. The largest absolute Gasteiger partial charge is 0.449 e. The number of ether oxygens (including phenoxy) is 1. The SMILES string of the molecule is Cc1cccc(NS(=O)(=O)c2ccc(C)c(C(=O)O[C@@H](C)C(=O)NC3CC3)c2)c1. The molecule has 0 heterocycles. The number of sulfonamides is 1. The minimum atomic E-state index is -3.89. The Kier molecular flexibility index (Phi) is 5.93. The van der Waals surface area contributed by atoms with Crippen molar-refractivity contribution in [3.8, 4) is 0 Å². The summed E-state index contributed by atoms with van der Waals surface area (Å²) in [4.78, 5) is 24.5. The second-order valence-electron chi connectivity index (χ2n) is 7.28. The average molecular weight is 416 g/mol. The molecule has 0 aromatic heterocycles. The predicted molar refractivity (Wildman–Crippen MR) is 109 cm³/mol. The van der Waals surface area contributed by atoms with E-state index in [2.05, 4.69) is 10.0 Å². The molecule has 2 aromatic rings. The Morgan fingerprint density at radius 3 is 2.48 bits per heavy atom. The summed E-state index contributed by atoms with van der Waals surface area (Å²) in [6.45, 7) is 5.03. The fourth-order valence-corrected chi connectivity index (χ4v) is 3.81. The normalized spacial score (nSPS) is 14.7. The molecule has 0 radical (unpaired) electrons. The topological polar surface area (TPSA) is 102 Å². The monoisotopic (exact) mass is 416 g/mol. The van der Waals surface area contributed by atoms with Gasteiger partial charge in [-0.3, -0.25) is 9.52 Å². The van der Waals surface area contributed by atoms with Crippen LogP contribution in [0.3, 0.4) is 0 Å². The number of carbonyl (C=O) groups excluding carboxylic acids is 2. The number of aryl methyl sites for hydroxylation is 2. The van der Waals surface area contributed by atoms with Crippen LogP contribution in [0.15, 0.2) is 47.4 Å². The van der Waals surface area contributed by atoms with Gasteiger partial charge in [0.25, 0.3) is 15.9 Å². The van der Waals surface area contributed by atoms with Crippen LogP contribution >= 0.6 is 0 Å². The molecule has 0 aliphatic heterocycles. The Bertz CT molecular complexity index is 1040. The Labute approximate surface area is 170 Å². The minimum absolute atomic E-state index is 0.0633. The van der Waals surface area contributed by atoms with E-state index in [4.69, 9.17) is 4.74 Å². The lowest BCUT2D eigenvalue weighted by atomic mass is 10.1. The molecule has 154 valence electrons. The number of anilines is 1. The van der Waals surface area contributed by atoms with E-state index in [1.165, 1.54) is 25.1 Å². The van der Waals surface area contributed by atoms with Crippen molar-refractivity contribution in [2.75, 3.05) is 4.72 Å². The van der Waals surface area contributed by atoms with Gasteiger partial charge in [-0.25, -0.2) is 13.2 Å². The highest BCUT2D eigenvalue weighted by Crippen LogP contribution is 2.22. The van der Waals surface area contributed by atoms with Gasteiger partial charge in [-0.2, -0.15) is 0 Å². The van der Waals surface area contributed by atoms with Gasteiger partial charge in [0.15, 0.2) is 6.10 Å². The molecule has 29 heavy (non-hydrogen) atoms. The summed E-state index contributed by atoms with van der Waals surface area (Å²) in [6, 6.07) is 11.4. The van der Waals surface area contributed by atoms with Gasteiger partial charge in [0, 0.05) is 11.7 Å². The number of rotatable bonds is 7. The average Bonchev–Trinajstić information content (AvgIpc) is 3.45. The lowest BCUT2D eigenvalue weighted by Crippen LogP contribution is -2.37. The highest BCUT2D eigenvalue weighted by atomic mass is 32.2. The van der Waals surface area contributed by atoms with Crippen LogP contribution in [0.5, 0.6) is 0 Å². The second-order valence-corrected chi connectivity index (χ2v) is 8.96. The molecule has 1 aliphatic carbocycles. The van der Waals surface area contributed by atoms with Gasteiger partial charge in [-0.15, -0.1) is 0 Å². The summed E-state index contributed by atoms with van der Waals surface area (Å²) in [5.74, 6) is -1.10. The first-order valence-corrected chi connectivity index (χ1v) is 10.9. The number of esters is 1. The number of hydrogen-bond acceptors (Lipinski definition) is 5. The van der Waals surface area contributed by atoms with Crippen LogP contribution in [0.4, 0.5) is 5.69 Å². The van der Waals surface area contributed by atoms with Crippen molar-refractivity contribution in [2.45, 2.75) is 50.7 Å². The maximum atomic E-state index is 12.7. The molecule has 1 atom stereocenters. The van der Waals surface area contributed by atoms with E-state index in [9.17, 15) is 18.0 Å². The molecule has 3 rings (SSSR count). The third-order valence-corrected chi connectivity index (χ3v) is 5.97. The van der Waals surface area contributed by atoms with Gasteiger partial charge in [-0.1, -0.05) is 18.2 Å². The molecule has 2 N–H and O–H groups in total. The molecule has 8 heteroatoms. The summed E-state index contributed by atoms with van der Waals surface area (Å²) in [7, 11) is -3.89. The summed E-state index contributed by atoms with van der Waals surface area (Å²) in [5.41, 5.74) is 2.00. The lowest BCUT2D eigenvalue weighted by molar-refractivity contribution is -0.129. The van der Waals surface area contributed by atoms with E-state index in [-0.39, 0.29) is 22.4 Å². The molecular weight excluding hydrogens is 392 g/mol. The molecule has 1 fully saturated rings. The molecule has 7 nitrogen and oxygen atoms in total. The molecule has 1 aliphatic rings. The fourth-order valence-electron chi connectivity index (χ4n) is 2.73. The molecule has 1 saturated carbocycles. The van der Waals surface area contributed by atoms with Gasteiger partial charge in [-0.05, 0) is 69.0 Å². The van der Waals surface area contributed by atoms with Crippen molar-refractivity contribution in [3.63, 3.8) is 0 Å². The van der Waals surface area contributed by atoms with Crippen LogP contribution in [0, 0.1) is 13.8 Å². The quantitative estimate of drug-likeness (QED) is 0.676. The highest BCUT2D eigenvalue weighted by molar-refractivity contribution is 7.92. The first-order valence-electron chi connectivity index (χ1n) is 9.37. The minimum Gasteiger partial charge on any atom is -0.449 e. The lowest BCUT2D eigenvalue weighted by Gasteiger charge is -2.15. The van der Waals surface area contributed by atoms with E-state index >= 15 is 0 Å². The van der Waals surface area contributed by atoms with E-state index in [1.54, 1.807) is 25.1 Å². The summed E-state index contributed by atoms with van der Waals surface area (Å²) in [5, 5.41) is 2.77. The molecule has 2 aromatic carbocycles. The zero-order valence-electron chi connectivity index (χ0n) is 16.6. The van der Waals surface area contributed by atoms with Crippen molar-refractivity contribution < 1.29 is 22.7 Å². The first kappa shape index (κ1) is 20.9. The number of benzene rings is 2. The summed E-state index contributed by atoms with van der Waals surface area (Å²) < 4.78 is 33.2. The van der Waals surface area contributed by atoms with Crippen molar-refractivity contribution >= 4 is 27.6 Å². The van der Waals surface area contributed by atoms with E-state index in [1.807, 2.05) is 13.0 Å². The van der Waals surface area contributed by atoms with E-state index < -0.39 is 22.1 Å². The maximum Gasteiger partial charge on any atom is 0.339 e. The molecule has 0 spiro atoms. The second kappa shape index (κ2) is 8.24. The standard InChI is InChI=1S/C21H24N2O5S/c1-13-5-4-6-17(11-13)23-29(26,27)18-10-7-14(2)19(12-18)21(25)28-15(3)20(24)22-16-8-9-16/h4-7,10-12,15-16,23H,8-9H2,1-3H3,(H,22,24)/t15-/m0/s1. The van der Waals surface area contributed by atoms with E-state index in [0.29, 0.717) is 11.3 Å². The Balaban J connectivity index is 1.77. The van der Waals surface area contributed by atoms with Crippen molar-refractivity contribution in [2.24, 2.45) is 0 Å². The number of nitrogens with one attached hydrogen (secondary N) is 2. The van der Waals surface area contributed by atoms with Crippen molar-refractivity contribution in [1.82, 2.24) is 5.32 Å². The Morgan fingerprint density at radius 2 is 1.83 bits per heavy atom. The van der Waals surface area contributed by atoms with E-state index in [0.717, 1.165) is 18.4 Å². The van der Waals surface area contributed by atoms with Crippen LogP contribution in [0.2, 0.25) is 0 Å². The van der Waals surface area contributed by atoms with Crippen molar-refractivity contribution in [1.29, 1.82) is 0 Å². The zero-order chi connectivity index (χ0) is 21.2. The zero-order valence-corrected chi connectivity index (χ0v) is 17.4. The summed E-state index contributed by atoms with van der Waals surface area (Å²) in [6.07, 6.45) is 0.895. The molecule has 0 unspecified atom stereocenters. The third-order valence-electron chi connectivity index (χ3n) is 4.59. The molecule has 0 bridgehead atoms. The number of carbonyl (C=O) groups is 2. The van der Waals surface area contributed by atoms with Gasteiger partial charge in [0.1, 0.15) is 0 Å². The van der Waals surface area contributed by atoms with Crippen LogP contribution in [-0.4, -0.2) is 32.4 Å². The predicted octanol–water partition coefficient (Wildman–Crippen LogP) is 2.93. The Hall–Kier alpha value is -2.87. The van der Waals surface area contributed by atoms with Crippen molar-refractivity contribution in [3.05, 3.63) is 59.2 Å². The van der Waals surface area contributed by atoms with Gasteiger partial charge < -0.3 is 10.1 Å². The number of amides is 1. The van der Waals surface area contributed by atoms with Gasteiger partial charge in [0.2, 0.25) is 0 Å². The van der Waals surface area contributed by atoms with Crippen LogP contribution < -0.4 is 10.0 Å². The maximum absolute atomic E-state index is 12.7. The molecule has 0 saturated heterocycles. The van der Waals surface area contributed by atoms with Gasteiger partial charge >= 0.3 is 5.97 Å². The van der Waals surface area contributed by atoms with Crippen LogP contribution in [0.1, 0.15) is 41.3 Å². The first-order chi connectivity index (χ1) is 13.7. The highest BCUT2D eigenvalue weighted by Gasteiger charge is 2.28. The number of hydrogen-bond donors (Lipinski definition) is 2. The molecule has 1 amide bonds. The third kappa shape index (κ3) is 5.35. The van der Waals surface area contributed by atoms with Crippen LogP contribution in [-0.2, 0) is 19.6 Å². The smallest absolute Gasteiger partial charge is 0.339 e. The van der Waals surface area contributed by atoms with Crippen LogP contribution in [0.25, 0.3) is 0 Å². The Morgan fingerprint density at radius 1 is 1.10 bits per heavy atom. The fraction of sp³-hybridized carbons (Fsp3) is 0.333. The summed E-state index contributed by atoms with van der Waals surface area (Å²) >= 11 is 0.